The topological polar surface area (TPSA) is 74.8 Å². The number of carbonyl (C=O) groups excluding carboxylic acids is 1. The second-order valence-electron chi connectivity index (χ2n) is 6.52. The molecule has 0 fully saturated rings. The fourth-order valence-electron chi connectivity index (χ4n) is 2.90. The van der Waals surface area contributed by atoms with Gasteiger partial charge in [-0.2, -0.15) is 13.2 Å². The molecule has 0 aliphatic heterocycles. The molecule has 0 aliphatic carbocycles. The van der Waals surface area contributed by atoms with Gasteiger partial charge in [0.2, 0.25) is 0 Å². The van der Waals surface area contributed by atoms with Gasteiger partial charge in [0.1, 0.15) is 17.3 Å². The molecule has 0 saturated heterocycles. The summed E-state index contributed by atoms with van der Waals surface area (Å²) in [7, 11) is 0. The Morgan fingerprint density at radius 3 is 2.48 bits per heavy atom. The zero-order valence-corrected chi connectivity index (χ0v) is 17.0. The van der Waals surface area contributed by atoms with Crippen molar-refractivity contribution >= 4 is 17.7 Å². The lowest BCUT2D eigenvalue weighted by molar-refractivity contribution is -0.0329. The molecule has 1 aromatic heterocycles. The van der Waals surface area contributed by atoms with Gasteiger partial charge in [0.15, 0.2) is 0 Å². The molecule has 0 aliphatic rings. The van der Waals surface area contributed by atoms with E-state index >= 15 is 0 Å². The second kappa shape index (κ2) is 9.34. The van der Waals surface area contributed by atoms with E-state index in [1.165, 1.54) is 6.07 Å². The molecule has 0 bridgehead atoms. The molecular weight excluding hydrogens is 434 g/mol. The maximum absolute atomic E-state index is 14.1. The third-order valence-corrected chi connectivity index (χ3v) is 5.10. The molecule has 2 aromatic carbocycles. The quantitative estimate of drug-likeness (QED) is 0.405. The number of thioether (sulfide) groups is 1. The molecule has 1 heterocycles. The Balaban J connectivity index is 1.83. The number of aromatic amines is 1. The summed E-state index contributed by atoms with van der Waals surface area (Å²) in [6.45, 7) is 1.72. The number of nitrogens with zero attached hydrogens (tertiary/aromatic N) is 1. The number of H-pyrrole nitrogens is 1. The molecule has 1 amide bonds. The molecule has 5 nitrogen and oxygen atoms in total. The number of halogens is 4. The number of hydrogen-bond donors (Lipinski definition) is 2. The Morgan fingerprint density at radius 2 is 1.87 bits per heavy atom. The van der Waals surface area contributed by atoms with E-state index in [1.54, 1.807) is 37.3 Å². The maximum atomic E-state index is 14.1. The van der Waals surface area contributed by atoms with Crippen molar-refractivity contribution in [2.75, 3.05) is 0 Å². The van der Waals surface area contributed by atoms with Gasteiger partial charge in [0.05, 0.1) is 10.9 Å². The zero-order chi connectivity index (χ0) is 22.6. The molecule has 3 aromatic rings. The summed E-state index contributed by atoms with van der Waals surface area (Å²) in [5.41, 5.74) is -4.35. The fourth-order valence-corrected chi connectivity index (χ4v) is 3.44. The van der Waals surface area contributed by atoms with Crippen LogP contribution in [0.4, 0.5) is 17.6 Å². The highest BCUT2D eigenvalue weighted by Crippen LogP contribution is 2.38. The van der Waals surface area contributed by atoms with Gasteiger partial charge in [0.25, 0.3) is 11.5 Å². The summed E-state index contributed by atoms with van der Waals surface area (Å²) in [6, 6.07) is 12.4. The third-order valence-electron chi connectivity index (χ3n) is 4.32. The molecule has 1 atom stereocenters. The van der Waals surface area contributed by atoms with Crippen LogP contribution in [0.5, 0.6) is 0 Å². The molecular formula is C21H17F4N3O2S. The number of amides is 1. The molecule has 0 radical (unpaired) electrons. The van der Waals surface area contributed by atoms with E-state index in [-0.39, 0.29) is 11.5 Å². The maximum Gasteiger partial charge on any atom is 0.446 e. The first-order valence-corrected chi connectivity index (χ1v) is 10.0. The first kappa shape index (κ1) is 22.5. The van der Waals surface area contributed by atoms with Crippen LogP contribution in [0, 0.1) is 5.82 Å². The minimum absolute atomic E-state index is 0.134. The first-order valence-electron chi connectivity index (χ1n) is 9.19. The van der Waals surface area contributed by atoms with Crippen LogP contribution in [0.15, 0.2) is 64.3 Å². The summed E-state index contributed by atoms with van der Waals surface area (Å²) in [4.78, 5) is 30.9. The van der Waals surface area contributed by atoms with Gasteiger partial charge in [-0.1, -0.05) is 43.3 Å². The number of rotatable bonds is 6. The van der Waals surface area contributed by atoms with E-state index in [2.05, 4.69) is 15.3 Å². The van der Waals surface area contributed by atoms with Crippen molar-refractivity contribution in [3.8, 4) is 11.4 Å². The van der Waals surface area contributed by atoms with Crippen molar-refractivity contribution in [2.24, 2.45) is 0 Å². The Kier molecular flexibility index (Phi) is 6.79. The molecule has 0 saturated carbocycles. The molecule has 1 unspecified atom stereocenters. The largest absolute Gasteiger partial charge is 0.446 e. The lowest BCUT2D eigenvalue weighted by Crippen LogP contribution is -2.30. The second-order valence-corrected chi connectivity index (χ2v) is 7.62. The van der Waals surface area contributed by atoms with Crippen molar-refractivity contribution in [3.63, 3.8) is 0 Å². The predicted molar refractivity (Wildman–Crippen MR) is 109 cm³/mol. The highest BCUT2D eigenvalue weighted by atomic mass is 32.2. The van der Waals surface area contributed by atoms with Crippen molar-refractivity contribution in [1.29, 1.82) is 0 Å². The summed E-state index contributed by atoms with van der Waals surface area (Å²) in [5, 5.41) is 2.65. The zero-order valence-electron chi connectivity index (χ0n) is 16.2. The van der Waals surface area contributed by atoms with Crippen LogP contribution in [-0.4, -0.2) is 21.4 Å². The Morgan fingerprint density at radius 1 is 1.16 bits per heavy atom. The number of aromatic nitrogens is 2. The summed E-state index contributed by atoms with van der Waals surface area (Å²) in [6.07, 6.45) is 0.339. The summed E-state index contributed by atoms with van der Waals surface area (Å²) < 4.78 is 51.6. The van der Waals surface area contributed by atoms with Crippen molar-refractivity contribution in [1.82, 2.24) is 15.3 Å². The van der Waals surface area contributed by atoms with Crippen LogP contribution < -0.4 is 10.9 Å². The number of alkyl halides is 3. The number of nitrogens with one attached hydrogen (secondary N) is 2. The molecule has 10 heteroatoms. The highest BCUT2D eigenvalue weighted by Gasteiger charge is 2.31. The monoisotopic (exact) mass is 451 g/mol. The number of benzene rings is 2. The molecule has 162 valence electrons. The number of carbonyl (C=O) groups is 1. The smallest absolute Gasteiger partial charge is 0.344 e. The van der Waals surface area contributed by atoms with Gasteiger partial charge in [-0.25, -0.2) is 9.37 Å². The third kappa shape index (κ3) is 5.94. The Hall–Kier alpha value is -3.14. The molecule has 0 spiro atoms. The Labute approximate surface area is 178 Å². The van der Waals surface area contributed by atoms with E-state index in [4.69, 9.17) is 0 Å². The van der Waals surface area contributed by atoms with Gasteiger partial charge in [-0.05, 0) is 35.9 Å². The normalized spacial score (nSPS) is 12.4. The number of hydrogen-bond acceptors (Lipinski definition) is 4. The van der Waals surface area contributed by atoms with Gasteiger partial charge < -0.3 is 10.3 Å². The summed E-state index contributed by atoms with van der Waals surface area (Å²) >= 11 is -0.543. The van der Waals surface area contributed by atoms with E-state index in [0.29, 0.717) is 17.5 Å². The summed E-state index contributed by atoms with van der Waals surface area (Å²) in [5.74, 6) is -1.48. The highest BCUT2D eigenvalue weighted by molar-refractivity contribution is 8.00. The average molecular weight is 451 g/mol. The van der Waals surface area contributed by atoms with Gasteiger partial charge in [-0.15, -0.1) is 0 Å². The van der Waals surface area contributed by atoms with Crippen LogP contribution in [-0.2, 0) is 0 Å². The first-order chi connectivity index (χ1) is 14.7. The van der Waals surface area contributed by atoms with E-state index in [0.717, 1.165) is 18.2 Å². The Bertz CT molecular complexity index is 1130. The SMILES string of the molecule is CCC(NC(=O)c1cc(=O)[nH]c(-c2ccccc2)n1)c1ccc(SC(F)(F)F)c(F)c1. The van der Waals surface area contributed by atoms with Crippen molar-refractivity contribution in [2.45, 2.75) is 29.8 Å². The fraction of sp³-hybridized carbons (Fsp3) is 0.190. The van der Waals surface area contributed by atoms with Crippen LogP contribution in [0.2, 0.25) is 0 Å². The molecule has 3 rings (SSSR count). The van der Waals surface area contributed by atoms with E-state index < -0.39 is 45.5 Å². The van der Waals surface area contributed by atoms with Crippen molar-refractivity contribution < 1.29 is 22.4 Å². The van der Waals surface area contributed by atoms with Crippen LogP contribution in [0.1, 0.15) is 35.4 Å². The van der Waals surface area contributed by atoms with Crippen molar-refractivity contribution in [3.05, 3.63) is 82.0 Å². The van der Waals surface area contributed by atoms with E-state index in [9.17, 15) is 27.2 Å². The van der Waals surface area contributed by atoms with E-state index in [1.807, 2.05) is 0 Å². The lowest BCUT2D eigenvalue weighted by atomic mass is 10.0. The minimum atomic E-state index is -4.61. The van der Waals surface area contributed by atoms with Gasteiger partial charge in [0, 0.05) is 11.6 Å². The lowest BCUT2D eigenvalue weighted by Gasteiger charge is -2.18. The van der Waals surface area contributed by atoms with Crippen LogP contribution in [0.3, 0.4) is 0 Å². The van der Waals surface area contributed by atoms with Gasteiger partial charge in [-0.3, -0.25) is 9.59 Å². The van der Waals surface area contributed by atoms with Crippen LogP contribution in [0.25, 0.3) is 11.4 Å². The minimum Gasteiger partial charge on any atom is -0.344 e. The molecule has 31 heavy (non-hydrogen) atoms. The van der Waals surface area contributed by atoms with Crippen LogP contribution >= 0.6 is 11.8 Å². The predicted octanol–water partition coefficient (Wildman–Crippen LogP) is 5.07. The average Bonchev–Trinajstić information content (AvgIpc) is 2.72. The molecule has 2 N–H and O–H groups in total. The standard InChI is InChI=1S/C21H17F4N3O2S/c1-2-15(13-8-9-17(14(22)10-13)31-21(23,24)25)27-20(30)16-11-18(29)28-19(26-16)12-6-4-3-5-7-12/h3-11,15H,2H2,1H3,(H,27,30)(H,26,28,29). The van der Waals surface area contributed by atoms with Gasteiger partial charge >= 0.3 is 5.51 Å².